The molecular formula is C11H12N3O2+. The molecule has 1 amide bonds. The van der Waals surface area contributed by atoms with E-state index in [0.29, 0.717) is 25.4 Å². The summed E-state index contributed by atoms with van der Waals surface area (Å²) < 4.78 is 4.83. The Hall–Kier alpha value is -2.09. The monoisotopic (exact) mass is 218 g/mol. The van der Waals surface area contributed by atoms with Crippen molar-refractivity contribution in [1.29, 1.82) is 5.39 Å². The van der Waals surface area contributed by atoms with Crippen molar-refractivity contribution in [3.05, 3.63) is 34.8 Å². The number of carbonyl (C=O) groups is 1. The molecule has 0 aliphatic carbocycles. The molecule has 1 aromatic carbocycles. The Morgan fingerprint density at radius 3 is 2.69 bits per heavy atom. The van der Waals surface area contributed by atoms with Crippen LogP contribution in [-0.2, 0) is 11.2 Å². The number of diazo groups is 1. The zero-order valence-corrected chi connectivity index (χ0v) is 8.80. The van der Waals surface area contributed by atoms with Crippen molar-refractivity contribution in [2.45, 2.75) is 6.42 Å². The van der Waals surface area contributed by atoms with Gasteiger partial charge in [0.2, 0.25) is 5.39 Å². The van der Waals surface area contributed by atoms with E-state index in [1.165, 1.54) is 0 Å². The van der Waals surface area contributed by atoms with Gasteiger partial charge in [0.05, 0.1) is 6.54 Å². The lowest BCUT2D eigenvalue weighted by atomic mass is 10.1. The van der Waals surface area contributed by atoms with E-state index in [4.69, 9.17) is 10.1 Å². The largest absolute Gasteiger partial charge is 0.448 e. The van der Waals surface area contributed by atoms with E-state index >= 15 is 0 Å². The summed E-state index contributed by atoms with van der Waals surface area (Å²) in [6.07, 6.45) is 0.544. The van der Waals surface area contributed by atoms with Crippen molar-refractivity contribution < 1.29 is 9.53 Å². The van der Waals surface area contributed by atoms with Crippen LogP contribution in [0.3, 0.4) is 0 Å². The lowest BCUT2D eigenvalue weighted by molar-refractivity contribution is 0.159. The second-order valence-corrected chi connectivity index (χ2v) is 3.62. The molecule has 1 heterocycles. The number of hydrogen-bond acceptors (Lipinski definition) is 3. The predicted octanol–water partition coefficient (Wildman–Crippen LogP) is 2.17. The molecule has 0 spiro atoms. The van der Waals surface area contributed by atoms with Crippen molar-refractivity contribution in [2.75, 3.05) is 19.7 Å². The first-order valence-corrected chi connectivity index (χ1v) is 5.15. The van der Waals surface area contributed by atoms with Crippen LogP contribution in [-0.4, -0.2) is 30.7 Å². The highest BCUT2D eigenvalue weighted by atomic mass is 16.6. The standard InChI is InChI=1S/C11H12N3O2/c12-13-10-3-1-9(2-4-10)5-6-14-7-8-16-11(14)15/h1-4H,5-8H2/q+1. The SMILES string of the molecule is N#[N+]c1ccc(CCN2CCOC2=O)cc1. The van der Waals surface area contributed by atoms with E-state index in [-0.39, 0.29) is 6.09 Å². The van der Waals surface area contributed by atoms with Crippen molar-refractivity contribution in [2.24, 2.45) is 0 Å². The third kappa shape index (κ3) is 2.28. The van der Waals surface area contributed by atoms with Gasteiger partial charge in [-0.05, 0) is 12.0 Å². The average Bonchev–Trinajstić information content (AvgIpc) is 2.73. The molecule has 0 atom stereocenters. The summed E-state index contributed by atoms with van der Waals surface area (Å²) in [6, 6.07) is 7.24. The predicted molar refractivity (Wildman–Crippen MR) is 57.8 cm³/mol. The number of amides is 1. The first kappa shape index (κ1) is 10.4. The average molecular weight is 218 g/mol. The fraction of sp³-hybridized carbons (Fsp3) is 0.364. The summed E-state index contributed by atoms with van der Waals surface area (Å²) in [5.74, 6) is 0. The molecule has 16 heavy (non-hydrogen) atoms. The molecule has 1 aliphatic heterocycles. The number of ether oxygens (including phenoxy) is 1. The minimum absolute atomic E-state index is 0.234. The highest BCUT2D eigenvalue weighted by molar-refractivity contribution is 5.69. The van der Waals surface area contributed by atoms with Crippen molar-refractivity contribution in [3.63, 3.8) is 0 Å². The van der Waals surface area contributed by atoms with Gasteiger partial charge in [-0.25, -0.2) is 4.79 Å². The van der Waals surface area contributed by atoms with E-state index in [1.807, 2.05) is 12.1 Å². The van der Waals surface area contributed by atoms with Gasteiger partial charge in [0.1, 0.15) is 6.61 Å². The molecule has 1 aromatic rings. The first-order valence-electron chi connectivity index (χ1n) is 5.15. The number of rotatable bonds is 3. The summed E-state index contributed by atoms with van der Waals surface area (Å²) in [7, 11) is 0. The Kier molecular flexibility index (Phi) is 3.01. The van der Waals surface area contributed by atoms with Gasteiger partial charge in [-0.3, -0.25) is 0 Å². The van der Waals surface area contributed by atoms with Crippen LogP contribution in [0.15, 0.2) is 24.3 Å². The highest BCUT2D eigenvalue weighted by Gasteiger charge is 2.21. The number of nitrogens with zero attached hydrogens (tertiary/aromatic N) is 3. The molecule has 1 fully saturated rings. The van der Waals surface area contributed by atoms with Crippen molar-refractivity contribution in [3.8, 4) is 0 Å². The Balaban J connectivity index is 1.90. The number of benzene rings is 1. The van der Waals surface area contributed by atoms with Gasteiger partial charge < -0.3 is 9.64 Å². The van der Waals surface area contributed by atoms with Crippen molar-refractivity contribution >= 4 is 11.8 Å². The molecule has 0 saturated carbocycles. The number of cyclic esters (lactones) is 1. The molecule has 1 saturated heterocycles. The van der Waals surface area contributed by atoms with Crippen LogP contribution in [0.5, 0.6) is 0 Å². The van der Waals surface area contributed by atoms with Gasteiger partial charge in [0, 0.05) is 18.7 Å². The smallest absolute Gasteiger partial charge is 0.409 e. The lowest BCUT2D eigenvalue weighted by Gasteiger charge is -2.11. The minimum atomic E-state index is -0.234. The molecule has 0 N–H and O–H groups in total. The zero-order valence-electron chi connectivity index (χ0n) is 8.80. The highest BCUT2D eigenvalue weighted by Crippen LogP contribution is 2.13. The summed E-state index contributed by atoms with van der Waals surface area (Å²) >= 11 is 0. The van der Waals surface area contributed by atoms with Crippen LogP contribution in [0.1, 0.15) is 5.56 Å². The topological polar surface area (TPSA) is 57.7 Å². The molecule has 1 aliphatic rings. The molecule has 0 unspecified atom stereocenters. The Morgan fingerprint density at radius 2 is 2.12 bits per heavy atom. The van der Waals surface area contributed by atoms with Crippen LogP contribution in [0.4, 0.5) is 10.5 Å². The third-order valence-electron chi connectivity index (χ3n) is 2.57. The second-order valence-electron chi connectivity index (χ2n) is 3.62. The van der Waals surface area contributed by atoms with Crippen LogP contribution in [0.2, 0.25) is 0 Å². The molecule has 5 nitrogen and oxygen atoms in total. The Morgan fingerprint density at radius 1 is 1.38 bits per heavy atom. The van der Waals surface area contributed by atoms with Crippen molar-refractivity contribution in [1.82, 2.24) is 4.90 Å². The zero-order chi connectivity index (χ0) is 11.4. The third-order valence-corrected chi connectivity index (χ3v) is 2.57. The van der Waals surface area contributed by atoms with Crippen LogP contribution >= 0.6 is 0 Å². The molecule has 0 aromatic heterocycles. The summed E-state index contributed by atoms with van der Waals surface area (Å²) in [4.78, 5) is 15.9. The van der Waals surface area contributed by atoms with Gasteiger partial charge >= 0.3 is 11.8 Å². The maximum atomic E-state index is 11.2. The van der Waals surface area contributed by atoms with E-state index < -0.39 is 0 Å². The molecule has 2 rings (SSSR count). The van der Waals surface area contributed by atoms with E-state index in [1.54, 1.807) is 17.0 Å². The lowest BCUT2D eigenvalue weighted by Crippen LogP contribution is -2.26. The van der Waals surface area contributed by atoms with E-state index in [2.05, 4.69) is 4.98 Å². The minimum Gasteiger partial charge on any atom is -0.448 e. The molecule has 5 heteroatoms. The van der Waals surface area contributed by atoms with E-state index in [0.717, 1.165) is 12.0 Å². The van der Waals surface area contributed by atoms with Gasteiger partial charge in [-0.1, -0.05) is 12.1 Å². The summed E-state index contributed by atoms with van der Waals surface area (Å²) in [5.41, 5.74) is 1.64. The van der Waals surface area contributed by atoms with Crippen LogP contribution in [0.25, 0.3) is 4.98 Å². The molecular weight excluding hydrogens is 206 g/mol. The summed E-state index contributed by atoms with van der Waals surface area (Å²) in [5, 5.41) is 8.52. The van der Waals surface area contributed by atoms with Gasteiger partial charge in [0.15, 0.2) is 4.98 Å². The second kappa shape index (κ2) is 4.62. The first-order chi connectivity index (χ1) is 7.79. The normalized spacial score (nSPS) is 14.7. The number of carbonyl (C=O) groups excluding carboxylic acids is 1. The quantitative estimate of drug-likeness (QED) is 0.730. The maximum absolute atomic E-state index is 11.2. The number of hydrogen-bond donors (Lipinski definition) is 0. The Bertz CT molecular complexity index is 422. The fourth-order valence-corrected chi connectivity index (χ4v) is 1.62. The molecule has 82 valence electrons. The maximum Gasteiger partial charge on any atom is 0.409 e. The summed E-state index contributed by atoms with van der Waals surface area (Å²) in [6.45, 7) is 1.82. The fourth-order valence-electron chi connectivity index (χ4n) is 1.62. The van der Waals surface area contributed by atoms with E-state index in [9.17, 15) is 4.79 Å². The molecule has 0 bridgehead atoms. The van der Waals surface area contributed by atoms with Gasteiger partial charge in [-0.2, -0.15) is 0 Å². The molecule has 0 radical (unpaired) electrons. The van der Waals surface area contributed by atoms with Crippen LogP contribution < -0.4 is 0 Å². The van der Waals surface area contributed by atoms with Gasteiger partial charge in [-0.15, -0.1) is 0 Å². The van der Waals surface area contributed by atoms with Gasteiger partial charge in [0.25, 0.3) is 0 Å². The Labute approximate surface area is 93.2 Å². The van der Waals surface area contributed by atoms with Crippen LogP contribution in [0, 0.1) is 5.39 Å².